The third-order valence-electron chi connectivity index (χ3n) is 0.808. The molecule has 1 unspecified atom stereocenters. The molecule has 0 aromatic heterocycles. The summed E-state index contributed by atoms with van der Waals surface area (Å²) in [6.45, 7) is 2.22. The van der Waals surface area contributed by atoms with E-state index in [1.807, 2.05) is 0 Å². The Kier molecular flexibility index (Phi) is 15.7. The molecule has 0 N–H and O–H groups in total. The van der Waals surface area contributed by atoms with Crippen LogP contribution >= 0.6 is 9.24 Å². The molecular formula is C5H13PV. The Morgan fingerprint density at radius 3 is 2.00 bits per heavy atom. The summed E-state index contributed by atoms with van der Waals surface area (Å²) in [5, 5.41) is 0. The van der Waals surface area contributed by atoms with Crippen LogP contribution in [-0.4, -0.2) is 6.16 Å². The van der Waals surface area contributed by atoms with Crippen molar-refractivity contribution in [1.82, 2.24) is 0 Å². The molecule has 0 rings (SSSR count). The van der Waals surface area contributed by atoms with E-state index in [1.54, 1.807) is 0 Å². The van der Waals surface area contributed by atoms with Gasteiger partial charge in [0.15, 0.2) is 0 Å². The maximum Gasteiger partial charge on any atom is 0 e. The van der Waals surface area contributed by atoms with Crippen LogP contribution in [0.1, 0.15) is 26.2 Å². The van der Waals surface area contributed by atoms with E-state index in [2.05, 4.69) is 16.2 Å². The van der Waals surface area contributed by atoms with Crippen molar-refractivity contribution < 1.29 is 18.6 Å². The summed E-state index contributed by atoms with van der Waals surface area (Å²) in [5.74, 6) is 0. The van der Waals surface area contributed by atoms with Gasteiger partial charge in [0.05, 0.1) is 0 Å². The summed E-state index contributed by atoms with van der Waals surface area (Å²) in [6, 6.07) is 0. The zero-order chi connectivity index (χ0) is 4.83. The Bertz CT molecular complexity index is 20.0. The van der Waals surface area contributed by atoms with Crippen molar-refractivity contribution in [3.63, 3.8) is 0 Å². The molecule has 0 saturated carbocycles. The normalized spacial score (nSPS) is 7.71. The smallest absolute Gasteiger partial charge is 0 e. The summed E-state index contributed by atoms with van der Waals surface area (Å²) >= 11 is 0. The Balaban J connectivity index is 0. The SMILES string of the molecule is CCCCCP.[V]. The van der Waals surface area contributed by atoms with E-state index < -0.39 is 0 Å². The van der Waals surface area contributed by atoms with Gasteiger partial charge in [0, 0.05) is 18.6 Å². The van der Waals surface area contributed by atoms with Crippen molar-refractivity contribution in [1.29, 1.82) is 0 Å². The molecule has 0 aromatic carbocycles. The topological polar surface area (TPSA) is 0 Å². The second-order valence-electron chi connectivity index (χ2n) is 1.50. The first kappa shape index (κ1) is 10.9. The predicted molar refractivity (Wildman–Crippen MR) is 34.1 cm³/mol. The van der Waals surface area contributed by atoms with Gasteiger partial charge < -0.3 is 0 Å². The van der Waals surface area contributed by atoms with Crippen LogP contribution in [0.5, 0.6) is 0 Å². The zero-order valence-electron chi connectivity index (χ0n) is 4.85. The third kappa shape index (κ3) is 10.9. The maximum absolute atomic E-state index is 2.73. The van der Waals surface area contributed by atoms with Crippen LogP contribution < -0.4 is 0 Å². The van der Waals surface area contributed by atoms with Gasteiger partial charge in [-0.2, -0.15) is 0 Å². The zero-order valence-corrected chi connectivity index (χ0v) is 7.40. The summed E-state index contributed by atoms with van der Waals surface area (Å²) in [4.78, 5) is 0. The molecular weight excluding hydrogens is 142 g/mol. The van der Waals surface area contributed by atoms with Crippen molar-refractivity contribution in [2.24, 2.45) is 0 Å². The van der Waals surface area contributed by atoms with Crippen LogP contribution in [0.25, 0.3) is 0 Å². The summed E-state index contributed by atoms with van der Waals surface area (Å²) in [7, 11) is 2.73. The second kappa shape index (κ2) is 10.1. The average Bonchev–Trinajstić information content (AvgIpc) is 1.61. The first-order chi connectivity index (χ1) is 2.91. The van der Waals surface area contributed by atoms with E-state index in [9.17, 15) is 0 Å². The fourth-order valence-electron chi connectivity index (χ4n) is 0.394. The van der Waals surface area contributed by atoms with Crippen molar-refractivity contribution in [2.75, 3.05) is 6.16 Å². The molecule has 0 aliphatic heterocycles. The molecule has 2 heteroatoms. The monoisotopic (exact) mass is 155 g/mol. The Hall–Kier alpha value is 1.01. The minimum absolute atomic E-state index is 0. The van der Waals surface area contributed by atoms with E-state index in [0.717, 1.165) is 0 Å². The summed E-state index contributed by atoms with van der Waals surface area (Å²) in [6.07, 6.45) is 5.38. The largest absolute Gasteiger partial charge is 0.138 e. The number of hydrogen-bond acceptors (Lipinski definition) is 0. The molecule has 0 aromatic rings. The van der Waals surface area contributed by atoms with E-state index in [4.69, 9.17) is 0 Å². The van der Waals surface area contributed by atoms with Gasteiger partial charge >= 0.3 is 0 Å². The first-order valence-electron chi connectivity index (χ1n) is 2.62. The van der Waals surface area contributed by atoms with Gasteiger partial charge in [0.1, 0.15) is 0 Å². The van der Waals surface area contributed by atoms with E-state index >= 15 is 0 Å². The molecule has 43 valence electrons. The second-order valence-corrected chi connectivity index (χ2v) is 2.07. The van der Waals surface area contributed by atoms with Crippen LogP contribution in [0.3, 0.4) is 0 Å². The minimum Gasteiger partial charge on any atom is -0.138 e. The van der Waals surface area contributed by atoms with E-state index in [1.165, 1.54) is 25.4 Å². The van der Waals surface area contributed by atoms with Crippen LogP contribution in [0.2, 0.25) is 0 Å². The Labute approximate surface area is 60.5 Å². The van der Waals surface area contributed by atoms with Gasteiger partial charge in [0.2, 0.25) is 0 Å². The molecule has 0 spiro atoms. The summed E-state index contributed by atoms with van der Waals surface area (Å²) < 4.78 is 0. The fraction of sp³-hybridized carbons (Fsp3) is 1.00. The molecule has 0 fully saturated rings. The quantitative estimate of drug-likeness (QED) is 0.432. The van der Waals surface area contributed by atoms with Crippen molar-refractivity contribution >= 4 is 9.24 Å². The molecule has 0 aliphatic rings. The standard InChI is InChI=1S/C5H13P.V/c1-2-3-4-5-6;/h2-6H2,1H3;. The van der Waals surface area contributed by atoms with E-state index in [0.29, 0.717) is 0 Å². The number of rotatable bonds is 3. The molecule has 0 bridgehead atoms. The number of unbranched alkanes of at least 4 members (excludes halogenated alkanes) is 2. The van der Waals surface area contributed by atoms with Gasteiger partial charge in [-0.3, -0.25) is 0 Å². The van der Waals surface area contributed by atoms with Gasteiger partial charge in [-0.15, -0.1) is 9.24 Å². The predicted octanol–water partition coefficient (Wildman–Crippen LogP) is 2.05. The van der Waals surface area contributed by atoms with E-state index in [-0.39, 0.29) is 18.6 Å². The van der Waals surface area contributed by atoms with Gasteiger partial charge in [0.25, 0.3) is 0 Å². The molecule has 0 heterocycles. The molecule has 1 atom stereocenters. The number of hydrogen-bond donors (Lipinski definition) is 0. The average molecular weight is 155 g/mol. The molecule has 0 nitrogen and oxygen atoms in total. The Morgan fingerprint density at radius 1 is 1.29 bits per heavy atom. The molecule has 7 heavy (non-hydrogen) atoms. The minimum atomic E-state index is 0. The molecule has 0 saturated heterocycles. The summed E-state index contributed by atoms with van der Waals surface area (Å²) in [5.41, 5.74) is 0. The maximum atomic E-state index is 2.73. The van der Waals surface area contributed by atoms with Crippen molar-refractivity contribution in [3.05, 3.63) is 0 Å². The van der Waals surface area contributed by atoms with Crippen molar-refractivity contribution in [2.45, 2.75) is 26.2 Å². The van der Waals surface area contributed by atoms with Gasteiger partial charge in [-0.05, 0) is 12.6 Å². The van der Waals surface area contributed by atoms with Crippen LogP contribution in [-0.2, 0) is 18.6 Å². The van der Waals surface area contributed by atoms with Crippen LogP contribution in [0.4, 0.5) is 0 Å². The molecule has 1 radical (unpaired) electrons. The van der Waals surface area contributed by atoms with Crippen LogP contribution in [0, 0.1) is 0 Å². The fourth-order valence-corrected chi connectivity index (χ4v) is 0.683. The van der Waals surface area contributed by atoms with Crippen LogP contribution in [0.15, 0.2) is 0 Å². The van der Waals surface area contributed by atoms with Gasteiger partial charge in [-0.25, -0.2) is 0 Å². The molecule has 0 aliphatic carbocycles. The third-order valence-corrected chi connectivity index (χ3v) is 1.22. The van der Waals surface area contributed by atoms with Gasteiger partial charge in [-0.1, -0.05) is 19.8 Å². The first-order valence-corrected chi connectivity index (χ1v) is 3.43. The van der Waals surface area contributed by atoms with Crippen molar-refractivity contribution in [3.8, 4) is 0 Å². The Morgan fingerprint density at radius 2 is 1.86 bits per heavy atom. The molecule has 0 amide bonds.